The van der Waals surface area contributed by atoms with Gasteiger partial charge in [0.05, 0.1) is 5.56 Å². The Bertz CT molecular complexity index is 1060. The van der Waals surface area contributed by atoms with E-state index in [4.69, 9.17) is 5.11 Å². The number of alkyl halides is 3. The Kier molecular flexibility index (Phi) is 6.65. The number of nitrogens with zero attached hydrogens (tertiary/aromatic N) is 1. The maximum Gasteiger partial charge on any atom is 0.416 e. The number of sulfonamides is 1. The van der Waals surface area contributed by atoms with Crippen molar-refractivity contribution in [2.75, 3.05) is 6.54 Å². The number of carbonyl (C=O) groups is 1. The van der Waals surface area contributed by atoms with E-state index >= 15 is 0 Å². The summed E-state index contributed by atoms with van der Waals surface area (Å²) in [5, 5.41) is 8.97. The zero-order valence-corrected chi connectivity index (χ0v) is 16.4. The number of halogens is 7. The van der Waals surface area contributed by atoms with Crippen molar-refractivity contribution in [3.8, 4) is 0 Å². The van der Waals surface area contributed by atoms with E-state index in [0.29, 0.717) is 12.1 Å². The van der Waals surface area contributed by atoms with Gasteiger partial charge in [0.1, 0.15) is 11.4 Å². The lowest BCUT2D eigenvalue weighted by Crippen LogP contribution is -2.36. The maximum absolute atomic E-state index is 14.1. The topological polar surface area (TPSA) is 74.7 Å². The van der Waals surface area contributed by atoms with Crippen LogP contribution in [0.2, 0.25) is 0 Å². The van der Waals surface area contributed by atoms with E-state index in [0.717, 1.165) is 18.2 Å². The Morgan fingerprint density at radius 3 is 2.24 bits per heavy atom. The fraction of sp³-hybridized carbons (Fsp3) is 0.188. The van der Waals surface area contributed by atoms with Crippen LogP contribution in [0.3, 0.4) is 0 Å². The van der Waals surface area contributed by atoms with E-state index in [1.54, 1.807) is 0 Å². The molecule has 29 heavy (non-hydrogen) atoms. The summed E-state index contributed by atoms with van der Waals surface area (Å²) in [7, 11) is -5.20. The molecule has 0 aliphatic carbocycles. The molecule has 0 fully saturated rings. The zero-order valence-electron chi connectivity index (χ0n) is 14.0. The Morgan fingerprint density at radius 1 is 1.10 bits per heavy atom. The molecule has 5 nitrogen and oxygen atoms in total. The summed E-state index contributed by atoms with van der Waals surface area (Å²) in [4.78, 5) is 9.64. The highest BCUT2D eigenvalue weighted by Crippen LogP contribution is 2.35. The minimum atomic E-state index is -5.20. The van der Waals surface area contributed by atoms with Crippen molar-refractivity contribution < 1.29 is 44.7 Å². The molecule has 2 rings (SSSR count). The zero-order chi connectivity index (χ0) is 22.1. The van der Waals surface area contributed by atoms with Crippen molar-refractivity contribution in [1.29, 1.82) is 0 Å². The van der Waals surface area contributed by atoms with Gasteiger partial charge in [-0.2, -0.15) is 17.5 Å². The molecule has 0 heterocycles. The van der Waals surface area contributed by atoms with Crippen LogP contribution in [0, 0.1) is 17.5 Å². The van der Waals surface area contributed by atoms with Crippen LogP contribution in [0.15, 0.2) is 39.7 Å². The van der Waals surface area contributed by atoms with Gasteiger partial charge in [-0.25, -0.2) is 21.6 Å². The van der Waals surface area contributed by atoms with Gasteiger partial charge < -0.3 is 5.11 Å². The summed E-state index contributed by atoms with van der Waals surface area (Å²) in [6.45, 7) is -2.48. The molecule has 1 N–H and O–H groups in total. The van der Waals surface area contributed by atoms with Crippen molar-refractivity contribution in [2.45, 2.75) is 17.6 Å². The van der Waals surface area contributed by atoms with Gasteiger partial charge in [-0.3, -0.25) is 4.79 Å². The quantitative estimate of drug-likeness (QED) is 0.363. The van der Waals surface area contributed by atoms with E-state index in [2.05, 4.69) is 15.9 Å². The summed E-state index contributed by atoms with van der Waals surface area (Å²) < 4.78 is 105. The van der Waals surface area contributed by atoms with Gasteiger partial charge in [-0.15, -0.1) is 0 Å². The van der Waals surface area contributed by atoms with Gasteiger partial charge >= 0.3 is 12.1 Å². The van der Waals surface area contributed by atoms with E-state index in [-0.39, 0.29) is 4.31 Å². The van der Waals surface area contributed by atoms with Crippen LogP contribution in [0.25, 0.3) is 0 Å². The number of benzene rings is 2. The van der Waals surface area contributed by atoms with Crippen LogP contribution in [0.1, 0.15) is 11.1 Å². The van der Waals surface area contributed by atoms with Crippen LogP contribution in [-0.2, 0) is 27.5 Å². The number of rotatable bonds is 6. The molecule has 2 aromatic rings. The van der Waals surface area contributed by atoms with Gasteiger partial charge in [0.25, 0.3) is 0 Å². The molecule has 0 unspecified atom stereocenters. The smallest absolute Gasteiger partial charge is 0.416 e. The predicted molar refractivity (Wildman–Crippen MR) is 90.7 cm³/mol. The number of aliphatic carboxylic acids is 1. The predicted octanol–water partition coefficient (Wildman–Crippen LogP) is 4.16. The van der Waals surface area contributed by atoms with Gasteiger partial charge in [-0.05, 0) is 33.6 Å². The second kappa shape index (κ2) is 8.32. The van der Waals surface area contributed by atoms with Gasteiger partial charge in [-0.1, -0.05) is 18.2 Å². The van der Waals surface area contributed by atoms with Crippen molar-refractivity contribution >= 4 is 31.9 Å². The molecule has 0 radical (unpaired) electrons. The van der Waals surface area contributed by atoms with Crippen molar-refractivity contribution in [3.63, 3.8) is 0 Å². The molecule has 0 spiro atoms. The van der Waals surface area contributed by atoms with Crippen molar-refractivity contribution in [2.24, 2.45) is 0 Å². The average molecular weight is 506 g/mol. The third-order valence-corrected chi connectivity index (χ3v) is 6.39. The van der Waals surface area contributed by atoms with Gasteiger partial charge in [0, 0.05) is 11.0 Å². The molecule has 0 amide bonds. The molecule has 158 valence electrons. The van der Waals surface area contributed by atoms with Gasteiger partial charge in [0.15, 0.2) is 17.5 Å². The second-order valence-electron chi connectivity index (χ2n) is 5.62. The Hall–Kier alpha value is -2.12. The van der Waals surface area contributed by atoms with Crippen molar-refractivity contribution in [3.05, 3.63) is 63.4 Å². The number of carboxylic acids is 1. The van der Waals surface area contributed by atoms with Gasteiger partial charge in [0.2, 0.25) is 10.0 Å². The first-order chi connectivity index (χ1) is 13.3. The summed E-state index contributed by atoms with van der Waals surface area (Å²) in [6.07, 6.45) is -4.89. The molecular weight excluding hydrogens is 496 g/mol. The van der Waals surface area contributed by atoms with Crippen molar-refractivity contribution in [1.82, 2.24) is 4.31 Å². The third-order valence-electron chi connectivity index (χ3n) is 3.65. The van der Waals surface area contributed by atoms with Crippen LogP contribution < -0.4 is 0 Å². The molecule has 0 atom stereocenters. The van der Waals surface area contributed by atoms with Crippen LogP contribution >= 0.6 is 15.9 Å². The lowest BCUT2D eigenvalue weighted by atomic mass is 10.1. The van der Waals surface area contributed by atoms with Crippen LogP contribution in [0.5, 0.6) is 0 Å². The molecule has 2 aromatic carbocycles. The largest absolute Gasteiger partial charge is 0.480 e. The van der Waals surface area contributed by atoms with Crippen LogP contribution in [-0.4, -0.2) is 30.3 Å². The standard InChI is InChI=1S/C16H10BrF6NO4S/c17-10-5-11(18)13(19)14(20)15(10)29(27,28)24(7-12(25)26)6-8-3-1-2-4-9(8)16(21,22)23/h1-5H,6-7H2,(H,25,26). The Balaban J connectivity index is 2.64. The first kappa shape index (κ1) is 23.2. The molecular formula is C16H10BrF6NO4S. The molecule has 0 saturated heterocycles. The Labute approximate surface area is 168 Å². The van der Waals surface area contributed by atoms with E-state index < -0.39 is 73.2 Å². The first-order valence-electron chi connectivity index (χ1n) is 7.46. The third kappa shape index (κ3) is 4.90. The number of hydrogen-bond donors (Lipinski definition) is 1. The molecule has 13 heteroatoms. The highest BCUT2D eigenvalue weighted by Gasteiger charge is 2.37. The van der Waals surface area contributed by atoms with Crippen LogP contribution in [0.4, 0.5) is 26.3 Å². The molecule has 0 bridgehead atoms. The minimum Gasteiger partial charge on any atom is -0.480 e. The lowest BCUT2D eigenvalue weighted by Gasteiger charge is -2.23. The SMILES string of the molecule is O=C(O)CN(Cc1ccccc1C(F)(F)F)S(=O)(=O)c1c(Br)cc(F)c(F)c1F. The van der Waals surface area contributed by atoms with E-state index in [1.165, 1.54) is 0 Å². The maximum atomic E-state index is 14.1. The lowest BCUT2D eigenvalue weighted by molar-refractivity contribution is -0.138. The highest BCUT2D eigenvalue weighted by molar-refractivity contribution is 9.10. The minimum absolute atomic E-state index is 0.0143. The molecule has 0 saturated carbocycles. The number of carboxylic acid groups (broad SMARTS) is 1. The first-order valence-corrected chi connectivity index (χ1v) is 9.70. The molecule has 0 aliphatic heterocycles. The highest BCUT2D eigenvalue weighted by atomic mass is 79.9. The fourth-order valence-electron chi connectivity index (χ4n) is 2.42. The fourth-order valence-corrected chi connectivity index (χ4v) is 4.87. The molecule has 0 aromatic heterocycles. The number of hydrogen-bond acceptors (Lipinski definition) is 3. The monoisotopic (exact) mass is 505 g/mol. The van der Waals surface area contributed by atoms with E-state index in [9.17, 15) is 39.6 Å². The van der Waals surface area contributed by atoms with E-state index in [1.807, 2.05) is 0 Å². The normalized spacial score (nSPS) is 12.4. The summed E-state index contributed by atoms with van der Waals surface area (Å²) in [5.41, 5.74) is -1.86. The summed E-state index contributed by atoms with van der Waals surface area (Å²) >= 11 is 2.55. The average Bonchev–Trinajstić information content (AvgIpc) is 2.58. The second-order valence-corrected chi connectivity index (χ2v) is 8.35. The summed E-state index contributed by atoms with van der Waals surface area (Å²) in [5.74, 6) is -7.77. The molecule has 0 aliphatic rings. The Morgan fingerprint density at radius 2 is 1.69 bits per heavy atom. The summed E-state index contributed by atoms with van der Waals surface area (Å²) in [6, 6.07) is 4.05.